The Bertz CT molecular complexity index is 1250. The first-order valence-corrected chi connectivity index (χ1v) is 11.7. The molecular formula is C21H18ClF3N4O3S. The van der Waals surface area contributed by atoms with Crippen LogP contribution in [0, 0.1) is 0 Å². The van der Waals surface area contributed by atoms with E-state index >= 15 is 0 Å². The average Bonchev–Trinajstić information content (AvgIpc) is 3.25. The molecule has 1 amide bonds. The van der Waals surface area contributed by atoms with E-state index in [1.54, 1.807) is 18.2 Å². The zero-order valence-electron chi connectivity index (χ0n) is 17.0. The number of sulfonamides is 1. The number of rotatable bonds is 4. The number of piperazine rings is 1. The molecule has 1 aliphatic heterocycles. The first kappa shape index (κ1) is 23.3. The quantitative estimate of drug-likeness (QED) is 0.550. The van der Waals surface area contributed by atoms with Gasteiger partial charge in [0.05, 0.1) is 22.3 Å². The van der Waals surface area contributed by atoms with Crippen LogP contribution in [0.25, 0.3) is 5.69 Å². The van der Waals surface area contributed by atoms with E-state index in [1.165, 1.54) is 45.6 Å². The molecule has 33 heavy (non-hydrogen) atoms. The van der Waals surface area contributed by atoms with Crippen LogP contribution >= 0.6 is 11.6 Å². The molecule has 3 aromatic rings. The van der Waals surface area contributed by atoms with E-state index in [-0.39, 0.29) is 36.8 Å². The third kappa shape index (κ3) is 4.61. The van der Waals surface area contributed by atoms with Crippen LogP contribution in [-0.4, -0.2) is 59.5 Å². The van der Waals surface area contributed by atoms with Gasteiger partial charge < -0.3 is 4.90 Å². The summed E-state index contributed by atoms with van der Waals surface area (Å²) in [5.41, 5.74) is -1.59. The van der Waals surface area contributed by atoms with Crippen LogP contribution in [0.1, 0.15) is 16.1 Å². The lowest BCUT2D eigenvalue weighted by atomic mass is 10.2. The highest BCUT2D eigenvalue weighted by Gasteiger charge is 2.42. The van der Waals surface area contributed by atoms with Gasteiger partial charge in [-0.1, -0.05) is 29.8 Å². The molecule has 2 aromatic carbocycles. The molecule has 12 heteroatoms. The van der Waals surface area contributed by atoms with Gasteiger partial charge in [-0.05, 0) is 36.4 Å². The lowest BCUT2D eigenvalue weighted by Gasteiger charge is -2.34. The number of carbonyl (C=O) groups is 1. The minimum Gasteiger partial charge on any atom is -0.336 e. The molecule has 1 aromatic heterocycles. The van der Waals surface area contributed by atoms with Crippen LogP contribution < -0.4 is 0 Å². The number of hydrogen-bond donors (Lipinski definition) is 0. The summed E-state index contributed by atoms with van der Waals surface area (Å²) in [6, 6.07) is 13.4. The van der Waals surface area contributed by atoms with Crippen molar-refractivity contribution >= 4 is 27.5 Å². The number of halogens is 4. The molecule has 0 spiro atoms. The summed E-state index contributed by atoms with van der Waals surface area (Å²) < 4.78 is 69.1. The molecule has 0 atom stereocenters. The number of carbonyl (C=O) groups excluding carboxylic acids is 1. The van der Waals surface area contributed by atoms with E-state index in [0.29, 0.717) is 9.70 Å². The maximum absolute atomic E-state index is 13.9. The lowest BCUT2D eigenvalue weighted by molar-refractivity contribution is -0.143. The van der Waals surface area contributed by atoms with Crippen molar-refractivity contribution in [2.75, 3.05) is 26.2 Å². The number of para-hydroxylation sites is 1. The van der Waals surface area contributed by atoms with Crippen molar-refractivity contribution in [2.24, 2.45) is 0 Å². The molecule has 1 fully saturated rings. The smallest absolute Gasteiger partial charge is 0.336 e. The number of hydrogen-bond acceptors (Lipinski definition) is 4. The van der Waals surface area contributed by atoms with E-state index in [4.69, 9.17) is 11.6 Å². The molecule has 4 rings (SSSR count). The van der Waals surface area contributed by atoms with Crippen molar-refractivity contribution in [3.8, 4) is 5.69 Å². The van der Waals surface area contributed by atoms with Crippen LogP contribution in [0.15, 0.2) is 65.7 Å². The number of benzene rings is 2. The van der Waals surface area contributed by atoms with Gasteiger partial charge in [0.15, 0.2) is 5.69 Å². The molecule has 0 saturated carbocycles. The molecule has 2 heterocycles. The maximum atomic E-state index is 13.9. The van der Waals surface area contributed by atoms with Gasteiger partial charge in [-0.2, -0.15) is 22.6 Å². The zero-order valence-corrected chi connectivity index (χ0v) is 18.6. The van der Waals surface area contributed by atoms with Crippen LogP contribution in [0.4, 0.5) is 13.2 Å². The first-order valence-electron chi connectivity index (χ1n) is 9.84. The highest BCUT2D eigenvalue weighted by Crippen LogP contribution is 2.34. The fourth-order valence-electron chi connectivity index (χ4n) is 3.60. The molecule has 0 unspecified atom stereocenters. The molecule has 1 aliphatic rings. The largest absolute Gasteiger partial charge is 0.434 e. The zero-order chi connectivity index (χ0) is 23.8. The van der Waals surface area contributed by atoms with Gasteiger partial charge in [-0.3, -0.25) is 4.79 Å². The summed E-state index contributed by atoms with van der Waals surface area (Å²) in [5, 5.41) is 4.19. The second kappa shape index (κ2) is 8.81. The van der Waals surface area contributed by atoms with Gasteiger partial charge in [0.1, 0.15) is 0 Å². The van der Waals surface area contributed by atoms with Crippen molar-refractivity contribution < 1.29 is 26.4 Å². The number of alkyl halides is 3. The topological polar surface area (TPSA) is 75.5 Å². The Hall–Kier alpha value is -2.89. The summed E-state index contributed by atoms with van der Waals surface area (Å²) >= 11 is 5.81. The maximum Gasteiger partial charge on any atom is 0.434 e. The van der Waals surface area contributed by atoms with Crippen LogP contribution in [0.5, 0.6) is 0 Å². The summed E-state index contributed by atoms with van der Waals surface area (Å²) in [7, 11) is -3.82. The predicted octanol–water partition coefficient (Wildman–Crippen LogP) is 3.69. The Morgan fingerprint density at radius 1 is 0.939 bits per heavy atom. The molecule has 0 aliphatic carbocycles. The molecular weight excluding hydrogens is 481 g/mol. The van der Waals surface area contributed by atoms with Gasteiger partial charge in [-0.25, -0.2) is 13.1 Å². The Morgan fingerprint density at radius 2 is 1.55 bits per heavy atom. The van der Waals surface area contributed by atoms with E-state index in [2.05, 4.69) is 5.10 Å². The highest BCUT2D eigenvalue weighted by atomic mass is 35.5. The Labute approximate surface area is 193 Å². The predicted molar refractivity (Wildman–Crippen MR) is 115 cm³/mol. The standard InChI is InChI=1S/C21H18ClF3N4O3S/c22-15-6-8-17(9-7-15)33(31,32)28-12-10-27(11-13-28)20(30)18-14-26-29(19(18)21(23,24)25)16-4-2-1-3-5-16/h1-9,14H,10-13H2. The first-order chi connectivity index (χ1) is 15.6. The third-order valence-electron chi connectivity index (χ3n) is 5.25. The van der Waals surface area contributed by atoms with E-state index < -0.39 is 33.4 Å². The SMILES string of the molecule is O=C(c1cnn(-c2ccccc2)c1C(F)(F)F)N1CCN(S(=O)(=O)c2ccc(Cl)cc2)CC1. The molecule has 174 valence electrons. The molecule has 0 radical (unpaired) electrons. The number of nitrogens with zero attached hydrogens (tertiary/aromatic N) is 4. The monoisotopic (exact) mass is 498 g/mol. The fourth-order valence-corrected chi connectivity index (χ4v) is 5.15. The van der Waals surface area contributed by atoms with Gasteiger partial charge in [-0.15, -0.1) is 0 Å². The van der Waals surface area contributed by atoms with E-state index in [1.807, 2.05) is 0 Å². The van der Waals surface area contributed by atoms with Gasteiger partial charge in [0.25, 0.3) is 5.91 Å². The van der Waals surface area contributed by atoms with Crippen molar-refractivity contribution in [1.82, 2.24) is 19.0 Å². The van der Waals surface area contributed by atoms with Gasteiger partial charge in [0.2, 0.25) is 10.0 Å². The minimum absolute atomic E-state index is 0.0507. The average molecular weight is 499 g/mol. The summed E-state index contributed by atoms with van der Waals surface area (Å²) in [5.74, 6) is -0.854. The normalized spacial score (nSPS) is 15.6. The van der Waals surface area contributed by atoms with Crippen molar-refractivity contribution in [2.45, 2.75) is 11.1 Å². The molecule has 0 bridgehead atoms. The summed E-state index contributed by atoms with van der Waals surface area (Å²) in [6.07, 6.45) is -3.92. The van der Waals surface area contributed by atoms with Crippen LogP contribution in [0.2, 0.25) is 5.02 Å². The number of amides is 1. The van der Waals surface area contributed by atoms with E-state index in [0.717, 1.165) is 6.20 Å². The third-order valence-corrected chi connectivity index (χ3v) is 7.41. The molecule has 0 N–H and O–H groups in total. The van der Waals surface area contributed by atoms with Crippen molar-refractivity contribution in [3.63, 3.8) is 0 Å². The second-order valence-electron chi connectivity index (χ2n) is 7.30. The minimum atomic E-state index is -4.82. The summed E-state index contributed by atoms with van der Waals surface area (Å²) in [6.45, 7) is -0.214. The molecule has 1 saturated heterocycles. The Balaban J connectivity index is 1.55. The van der Waals surface area contributed by atoms with Crippen molar-refractivity contribution in [1.29, 1.82) is 0 Å². The fraction of sp³-hybridized carbons (Fsp3) is 0.238. The van der Waals surface area contributed by atoms with Crippen molar-refractivity contribution in [3.05, 3.63) is 77.1 Å². The Kier molecular flexibility index (Phi) is 6.21. The van der Waals surface area contributed by atoms with E-state index in [9.17, 15) is 26.4 Å². The van der Waals surface area contributed by atoms with Crippen LogP contribution in [-0.2, 0) is 16.2 Å². The van der Waals surface area contributed by atoms with Gasteiger partial charge in [0, 0.05) is 31.2 Å². The van der Waals surface area contributed by atoms with Crippen LogP contribution in [0.3, 0.4) is 0 Å². The number of aromatic nitrogens is 2. The highest BCUT2D eigenvalue weighted by molar-refractivity contribution is 7.89. The Morgan fingerprint density at radius 3 is 2.12 bits per heavy atom. The molecule has 7 nitrogen and oxygen atoms in total. The lowest BCUT2D eigenvalue weighted by Crippen LogP contribution is -2.50. The van der Waals surface area contributed by atoms with Gasteiger partial charge >= 0.3 is 6.18 Å². The summed E-state index contributed by atoms with van der Waals surface area (Å²) in [4.78, 5) is 14.2. The second-order valence-corrected chi connectivity index (χ2v) is 9.68.